The largest absolute Gasteiger partial charge is 0.459 e. The molecule has 127 heavy (non-hydrogen) atoms. The predicted octanol–water partition coefficient (Wildman–Crippen LogP) is 5.93. The standard InChI is InChI=1S/C89H133N13O25/c1-56-15-11-10-12-16-57(2)72(112-7)50-65-21-18-61(6)89(111,127-65)80(106)85(108)101-26-14-13-17-68(101)86(109)124-73(51-69(103)58(3)46-60(5)78(105)79(114-9)77(104)59(4)45-56)66(90)47-62-19-22-71(74(48-62)113-8)126-88(110)94-25-28-116-30-32-118-34-36-120-38-40-122-42-44-123-43-41-121-39-37-119-35-33-117-31-29-115-27-24-93-84(107)82-95-52-63(53-96-82)54-102-83-75(81(91)97-55-98-83)76(100-102)64-20-23-70-67(49-64)99-87(92)125-70/h10-12,15-16,20,23,46,49,52-53,55-56,58-59,61-62,65-66,68-69,71-74,78-79,103,105,111H,13-14,17-19,21-22,24-45,47-48,50-51,54,90H2,1-9H3,(H2,92,99)(H,93,107)(H,94,110)(H2,91,97,98)/b12-10?,15-11+,57-16?,60-46+/t56-,58-,59-,61-,62+,65+,66-,68+,69-,71-,72+,73+,74-,78-,79+,89-/m1/s1. The number of methoxy groups -OCH3 is 3. The van der Waals surface area contributed by atoms with E-state index in [9.17, 15) is 44.1 Å². The first-order chi connectivity index (χ1) is 61.3. The molecule has 1 aromatic carbocycles. The number of hydrogen-bond acceptors (Lipinski definition) is 34. The molecule has 3 aliphatic heterocycles. The van der Waals surface area contributed by atoms with E-state index in [1.807, 2.05) is 50.3 Å². The van der Waals surface area contributed by atoms with Crippen molar-refractivity contribution < 1.29 is 120 Å². The fourth-order valence-corrected chi connectivity index (χ4v) is 15.9. The molecule has 38 heteroatoms. The maximum absolute atomic E-state index is 14.7. The number of hydrogen-bond donors (Lipinski definition) is 8. The number of ketones is 2. The highest BCUT2D eigenvalue weighted by atomic mass is 16.6. The lowest BCUT2D eigenvalue weighted by Gasteiger charge is -2.42. The van der Waals surface area contributed by atoms with Crippen molar-refractivity contribution in [2.45, 2.75) is 192 Å². The molecule has 5 aromatic rings. The highest BCUT2D eigenvalue weighted by Gasteiger charge is 2.53. The number of aliphatic hydroxyl groups is 3. The molecule has 0 spiro atoms. The van der Waals surface area contributed by atoms with Crippen molar-refractivity contribution in [3.05, 3.63) is 95.9 Å². The van der Waals surface area contributed by atoms with Crippen molar-refractivity contribution >= 4 is 69.4 Å². The van der Waals surface area contributed by atoms with Crippen LogP contribution < -0.4 is 27.8 Å². The number of aromatic nitrogens is 7. The predicted molar refractivity (Wildman–Crippen MR) is 465 cm³/mol. The summed E-state index contributed by atoms with van der Waals surface area (Å²) in [5.41, 5.74) is 23.9. The molecule has 9 rings (SSSR count). The van der Waals surface area contributed by atoms with Crippen LogP contribution in [-0.2, 0) is 96.8 Å². The molecule has 0 unspecified atom stereocenters. The van der Waals surface area contributed by atoms with E-state index in [1.165, 1.54) is 20.5 Å². The summed E-state index contributed by atoms with van der Waals surface area (Å²) in [6, 6.07) is 3.31. The number of fused-ring (bicyclic) bond motifs is 5. The summed E-state index contributed by atoms with van der Waals surface area (Å²) in [6.45, 7) is 17.8. The lowest BCUT2D eigenvalue weighted by atomic mass is 9.80. The van der Waals surface area contributed by atoms with Crippen LogP contribution in [0.1, 0.15) is 135 Å². The summed E-state index contributed by atoms with van der Waals surface area (Å²) in [7, 11) is 4.46. The summed E-state index contributed by atoms with van der Waals surface area (Å²) in [6.07, 6.45) is 12.1. The van der Waals surface area contributed by atoms with Gasteiger partial charge in [-0.2, -0.15) is 10.1 Å². The molecule has 16 atom stereocenters. The average Bonchev–Trinajstić information content (AvgIpc) is 1.55. The van der Waals surface area contributed by atoms with E-state index in [-0.39, 0.29) is 107 Å². The molecule has 0 radical (unpaired) electrons. The molecular formula is C89H133N13O25. The number of carbonyl (C=O) groups is 6. The monoisotopic (exact) mass is 1780 g/mol. The van der Waals surface area contributed by atoms with Gasteiger partial charge in [-0.25, -0.2) is 34.2 Å². The molecule has 3 amide bonds. The van der Waals surface area contributed by atoms with E-state index >= 15 is 0 Å². The number of esters is 1. The first-order valence-electron chi connectivity index (χ1n) is 44.1. The third-order valence-corrected chi connectivity index (χ3v) is 23.1. The second kappa shape index (κ2) is 53.4. The number of ether oxygens (including phenoxy) is 15. The van der Waals surface area contributed by atoms with Crippen molar-refractivity contribution in [1.82, 2.24) is 50.2 Å². The second-order valence-electron chi connectivity index (χ2n) is 32.7. The molecule has 11 N–H and O–H groups in total. The van der Waals surface area contributed by atoms with Gasteiger partial charge in [-0.05, 0) is 119 Å². The Bertz CT molecular complexity index is 4360. The van der Waals surface area contributed by atoms with Gasteiger partial charge in [0.15, 0.2) is 17.0 Å². The Morgan fingerprint density at radius 1 is 0.677 bits per heavy atom. The first kappa shape index (κ1) is 102. The van der Waals surface area contributed by atoms with Gasteiger partial charge in [-0.15, -0.1) is 0 Å². The Hall–Kier alpha value is -8.78. The van der Waals surface area contributed by atoms with Crippen LogP contribution in [-0.4, -0.2) is 317 Å². The molecule has 3 fully saturated rings. The summed E-state index contributed by atoms with van der Waals surface area (Å²) in [5.74, 6) is -8.12. The number of cyclic esters (lactones) is 1. The number of nitrogen functional groups attached to an aromatic ring is 2. The highest BCUT2D eigenvalue weighted by Crippen LogP contribution is 2.39. The Morgan fingerprint density at radius 3 is 1.91 bits per heavy atom. The zero-order valence-electron chi connectivity index (χ0n) is 74.8. The number of aliphatic hydroxyl groups excluding tert-OH is 2. The van der Waals surface area contributed by atoms with Crippen LogP contribution in [0.5, 0.6) is 0 Å². The molecule has 1 aliphatic carbocycles. The number of rotatable bonds is 41. The van der Waals surface area contributed by atoms with Crippen LogP contribution in [0.25, 0.3) is 33.4 Å². The van der Waals surface area contributed by atoms with Crippen LogP contribution in [0, 0.1) is 29.6 Å². The Labute approximate surface area is 741 Å². The minimum absolute atomic E-state index is 0.00239. The second-order valence-corrected chi connectivity index (χ2v) is 32.7. The molecule has 7 heterocycles. The van der Waals surface area contributed by atoms with Crippen LogP contribution in [0.15, 0.2) is 88.9 Å². The van der Waals surface area contributed by atoms with E-state index in [1.54, 1.807) is 70.1 Å². The Kier molecular flexibility index (Phi) is 42.9. The SMILES string of the molecule is CO[C@H]1C[C@@H]2CC[C@@H](C)[C@@](O)(O2)C(=O)C(=O)N2CCCC[C@H]2C(=O)O[C@H]([C@H](N)C[C@@H]2CC[C@@H](OC(=O)NCCOCCOCCOCCOCCOCCOCCOCCOCCOCCNC(=O)c3ncc(Cn4nc(-c5ccc6oc(N)nc6c5)c5c(N)ncnc54)cn3)[C@H](OC)C2)C[C@@H](O)[C@H](C)/C=C(\C)[C@@H](O)[C@@H](OC)C(=O)[C@H](C)C[C@H](C)/C=C/C=CC=C1C. The molecule has 4 aromatic heterocycles. The van der Waals surface area contributed by atoms with E-state index in [0.717, 1.165) is 16.0 Å². The number of piperidine rings is 1. The van der Waals surface area contributed by atoms with Crippen LogP contribution in [0.4, 0.5) is 16.6 Å². The fourth-order valence-electron chi connectivity index (χ4n) is 15.9. The number of oxazole rings is 1. The van der Waals surface area contributed by atoms with Gasteiger partial charge in [0.05, 0.1) is 155 Å². The molecule has 1 saturated carbocycles. The molecule has 4 aliphatic rings. The van der Waals surface area contributed by atoms with Crippen LogP contribution in [0.3, 0.4) is 0 Å². The number of amides is 3. The number of anilines is 2. The Morgan fingerprint density at radius 2 is 1.30 bits per heavy atom. The first-order valence-corrected chi connectivity index (χ1v) is 44.1. The summed E-state index contributed by atoms with van der Waals surface area (Å²) >= 11 is 0. The normalized spacial score (nSPS) is 26.3. The molecule has 2 saturated heterocycles. The zero-order chi connectivity index (χ0) is 91.2. The van der Waals surface area contributed by atoms with Crippen molar-refractivity contribution in [2.75, 3.05) is 171 Å². The maximum atomic E-state index is 14.7. The number of allylic oxidation sites excluding steroid dienone is 5. The number of nitrogens with zero attached hydrogens (tertiary/aromatic N) is 8. The summed E-state index contributed by atoms with van der Waals surface area (Å²) < 4.78 is 93.2. The molecule has 2 bridgehead atoms. The van der Waals surface area contributed by atoms with Crippen LogP contribution in [0.2, 0.25) is 0 Å². The number of alkyl carbamates (subject to hydrolysis) is 1. The quantitative estimate of drug-likeness (QED) is 0.00972. The van der Waals surface area contributed by atoms with Gasteiger partial charge in [0.1, 0.15) is 53.8 Å². The van der Waals surface area contributed by atoms with Crippen LogP contribution >= 0.6 is 0 Å². The Balaban J connectivity index is 0.583. The fraction of sp³-hybridized carbons (Fsp3) is 0.663. The van der Waals surface area contributed by atoms with Gasteiger partial charge in [-0.3, -0.25) is 19.2 Å². The van der Waals surface area contributed by atoms with E-state index in [2.05, 4.69) is 35.6 Å². The lowest BCUT2D eigenvalue weighted by molar-refractivity contribution is -0.265. The molecule has 704 valence electrons. The summed E-state index contributed by atoms with van der Waals surface area (Å²) in [5, 5.41) is 46.6. The molecule has 38 nitrogen and oxygen atoms in total. The van der Waals surface area contributed by atoms with Gasteiger partial charge >= 0.3 is 12.1 Å². The number of carbonyl (C=O) groups excluding carboxylic acids is 6. The molecular weight excluding hydrogens is 1650 g/mol. The smallest absolute Gasteiger partial charge is 0.407 e. The van der Waals surface area contributed by atoms with Crippen molar-refractivity contribution in [3.63, 3.8) is 0 Å². The van der Waals surface area contributed by atoms with E-state index in [0.29, 0.717) is 189 Å². The van der Waals surface area contributed by atoms with Gasteiger partial charge in [0, 0.05) is 101 Å². The van der Waals surface area contributed by atoms with Crippen molar-refractivity contribution in [2.24, 2.45) is 35.3 Å². The van der Waals surface area contributed by atoms with Gasteiger partial charge < -0.3 is 124 Å². The van der Waals surface area contributed by atoms with E-state index in [4.69, 9.17) is 97.8 Å². The third kappa shape index (κ3) is 31.5. The third-order valence-electron chi connectivity index (χ3n) is 23.1. The average molecular weight is 1790 g/mol. The van der Waals surface area contributed by atoms with E-state index < -0.39 is 114 Å². The topological polar surface area (TPSA) is 502 Å². The van der Waals surface area contributed by atoms with Gasteiger partial charge in [-0.1, -0.05) is 64.2 Å². The van der Waals surface area contributed by atoms with Gasteiger partial charge in [0.2, 0.25) is 11.6 Å². The minimum atomic E-state index is -2.49. The lowest BCUT2D eigenvalue weighted by Crippen LogP contribution is -2.61. The summed E-state index contributed by atoms with van der Waals surface area (Å²) in [4.78, 5) is 106. The number of benzene rings is 1. The zero-order valence-corrected chi connectivity index (χ0v) is 74.8. The number of nitrogens with one attached hydrogen (secondary N) is 2. The maximum Gasteiger partial charge on any atom is 0.407 e. The van der Waals surface area contributed by atoms with Gasteiger partial charge in [0.25, 0.3) is 23.6 Å². The van der Waals surface area contributed by atoms with Crippen molar-refractivity contribution in [3.8, 4) is 11.3 Å². The highest BCUT2D eigenvalue weighted by molar-refractivity contribution is 6.39. The minimum Gasteiger partial charge on any atom is -0.459 e. The number of nitrogens with two attached hydrogens (primary N) is 3. The van der Waals surface area contributed by atoms with Crippen molar-refractivity contribution in [1.29, 1.82) is 0 Å². The number of Topliss-reactive ketones (excluding diaryl/α,β-unsaturated/α-hetero) is 2.